The number of nitrogens with two attached hydrogens (primary N) is 1. The number of hydrogen-bond donors (Lipinski definition) is 1. The lowest BCUT2D eigenvalue weighted by Crippen LogP contribution is -1.90. The Labute approximate surface area is 100 Å². The molecule has 0 unspecified atom stereocenters. The number of nitrogens with zero attached hydrogens (tertiary/aromatic N) is 1. The summed E-state index contributed by atoms with van der Waals surface area (Å²) in [5.41, 5.74) is 7.14. The first-order chi connectivity index (χ1) is 7.22. The van der Waals surface area contributed by atoms with E-state index in [1.807, 2.05) is 23.6 Å². The number of hydrogen-bond acceptors (Lipinski definition) is 5. The van der Waals surface area contributed by atoms with E-state index < -0.39 is 0 Å². The highest BCUT2D eigenvalue weighted by molar-refractivity contribution is 7.73. The molecule has 0 aliphatic carbocycles. The molecular weight excluding hydrogens is 244 g/mol. The van der Waals surface area contributed by atoms with Crippen LogP contribution in [0.15, 0.2) is 23.6 Å². The van der Waals surface area contributed by atoms with Crippen LogP contribution < -0.4 is 5.73 Å². The second-order valence-corrected chi connectivity index (χ2v) is 5.54. The van der Waals surface area contributed by atoms with Crippen LogP contribution in [0.1, 0.15) is 5.56 Å². The average Bonchev–Trinajstić information content (AvgIpc) is 2.69. The second-order valence-electron chi connectivity index (χ2n) is 2.81. The van der Waals surface area contributed by atoms with Crippen molar-refractivity contribution in [2.45, 2.75) is 0 Å². The summed E-state index contributed by atoms with van der Waals surface area (Å²) >= 11 is 7.95. The predicted octanol–water partition coefficient (Wildman–Crippen LogP) is 3.66. The predicted molar refractivity (Wildman–Crippen MR) is 67.6 cm³/mol. The molecule has 74 valence electrons. The molecule has 0 radical (unpaired) electrons. The number of anilines is 1. The van der Waals surface area contributed by atoms with Crippen LogP contribution >= 0.6 is 34.9 Å². The minimum atomic E-state index is 0.494. The minimum Gasteiger partial charge on any atom is -0.389 e. The van der Waals surface area contributed by atoms with E-state index in [2.05, 4.69) is 6.07 Å². The van der Waals surface area contributed by atoms with Gasteiger partial charge in [-0.1, -0.05) is 18.3 Å². The monoisotopic (exact) mass is 250 g/mol. The first-order valence-corrected chi connectivity index (χ1v) is 6.20. The van der Waals surface area contributed by atoms with Gasteiger partial charge in [-0.25, -0.2) is 0 Å². The van der Waals surface area contributed by atoms with Crippen molar-refractivity contribution in [1.82, 2.24) is 0 Å². The summed E-state index contributed by atoms with van der Waals surface area (Å²) in [6, 6.07) is 7.86. The Morgan fingerprint density at radius 1 is 1.47 bits per heavy atom. The SMILES string of the molecule is N#Cc1c(-c2cccs2)cc(=S)sc1N. The van der Waals surface area contributed by atoms with Gasteiger partial charge in [0.25, 0.3) is 0 Å². The van der Waals surface area contributed by atoms with Gasteiger partial charge in [-0.3, -0.25) is 0 Å². The third kappa shape index (κ3) is 1.92. The van der Waals surface area contributed by atoms with Gasteiger partial charge in [0, 0.05) is 10.4 Å². The summed E-state index contributed by atoms with van der Waals surface area (Å²) in [7, 11) is 0. The fourth-order valence-electron chi connectivity index (χ4n) is 1.25. The third-order valence-corrected chi connectivity index (χ3v) is 3.90. The highest BCUT2D eigenvalue weighted by Crippen LogP contribution is 2.33. The molecule has 2 nitrogen and oxygen atoms in total. The van der Waals surface area contributed by atoms with Crippen molar-refractivity contribution < 1.29 is 0 Å². The van der Waals surface area contributed by atoms with Crippen molar-refractivity contribution in [3.63, 3.8) is 0 Å². The number of nitrogen functional groups attached to an aromatic ring is 1. The average molecular weight is 250 g/mol. The summed E-state index contributed by atoms with van der Waals surface area (Å²) < 4.78 is 0.704. The van der Waals surface area contributed by atoms with Crippen molar-refractivity contribution in [1.29, 1.82) is 5.26 Å². The van der Waals surface area contributed by atoms with E-state index in [4.69, 9.17) is 23.2 Å². The lowest BCUT2D eigenvalue weighted by Gasteiger charge is -2.02. The summed E-state index contributed by atoms with van der Waals surface area (Å²) in [4.78, 5) is 1.03. The standard InChI is InChI=1S/C10H6N2S3/c11-5-7-6(8-2-1-3-14-8)4-9(13)15-10(7)12/h1-4H,12H2. The maximum absolute atomic E-state index is 9.04. The Balaban J connectivity index is 2.77. The summed E-state index contributed by atoms with van der Waals surface area (Å²) in [6.45, 7) is 0. The van der Waals surface area contributed by atoms with Gasteiger partial charge in [0.15, 0.2) is 0 Å². The highest BCUT2D eigenvalue weighted by atomic mass is 32.1. The van der Waals surface area contributed by atoms with Gasteiger partial charge >= 0.3 is 0 Å². The van der Waals surface area contributed by atoms with E-state index in [1.165, 1.54) is 11.3 Å². The number of rotatable bonds is 1. The van der Waals surface area contributed by atoms with E-state index in [9.17, 15) is 0 Å². The molecule has 0 bridgehead atoms. The normalized spacial score (nSPS) is 9.80. The van der Waals surface area contributed by atoms with Crippen molar-refractivity contribution >= 4 is 39.9 Å². The van der Waals surface area contributed by atoms with E-state index in [-0.39, 0.29) is 0 Å². The van der Waals surface area contributed by atoms with Crippen LogP contribution in [0, 0.1) is 15.2 Å². The maximum atomic E-state index is 9.04. The second kappa shape index (κ2) is 4.11. The molecule has 0 spiro atoms. The maximum Gasteiger partial charge on any atom is 0.106 e. The molecule has 2 rings (SSSR count). The van der Waals surface area contributed by atoms with E-state index in [0.717, 1.165) is 10.4 Å². The van der Waals surface area contributed by atoms with Crippen molar-refractivity contribution in [2.24, 2.45) is 0 Å². The molecule has 0 saturated heterocycles. The van der Waals surface area contributed by atoms with E-state index >= 15 is 0 Å². The Kier molecular flexibility index (Phi) is 2.82. The quantitative estimate of drug-likeness (QED) is 0.786. The lowest BCUT2D eigenvalue weighted by molar-refractivity contribution is 1.50. The summed E-state index contributed by atoms with van der Waals surface area (Å²) in [5.74, 6) is 0. The molecule has 2 N–H and O–H groups in total. The minimum absolute atomic E-state index is 0.494. The van der Waals surface area contributed by atoms with Crippen LogP contribution in [0.2, 0.25) is 0 Å². The Morgan fingerprint density at radius 2 is 2.27 bits per heavy atom. The van der Waals surface area contributed by atoms with Crippen LogP contribution in [0.4, 0.5) is 5.00 Å². The molecular formula is C10H6N2S3. The molecule has 0 amide bonds. The van der Waals surface area contributed by atoms with Crippen LogP contribution in [0.5, 0.6) is 0 Å². The number of thiophene rings is 1. The molecule has 15 heavy (non-hydrogen) atoms. The van der Waals surface area contributed by atoms with E-state index in [1.54, 1.807) is 11.3 Å². The van der Waals surface area contributed by atoms with Crippen LogP contribution in [-0.2, 0) is 0 Å². The summed E-state index contributed by atoms with van der Waals surface area (Å²) in [6.07, 6.45) is 0. The third-order valence-electron chi connectivity index (χ3n) is 1.89. The Hall–Kier alpha value is -1.22. The largest absolute Gasteiger partial charge is 0.389 e. The van der Waals surface area contributed by atoms with Gasteiger partial charge in [-0.05, 0) is 17.5 Å². The molecule has 0 fully saturated rings. The highest BCUT2D eigenvalue weighted by Gasteiger charge is 2.09. The van der Waals surface area contributed by atoms with Gasteiger partial charge in [-0.15, -0.1) is 22.7 Å². The van der Waals surface area contributed by atoms with Crippen LogP contribution in [0.3, 0.4) is 0 Å². The summed E-state index contributed by atoms with van der Waals surface area (Å²) in [5, 5.41) is 11.5. The molecule has 0 aromatic carbocycles. The van der Waals surface area contributed by atoms with Crippen molar-refractivity contribution in [3.8, 4) is 16.5 Å². The van der Waals surface area contributed by atoms with Crippen molar-refractivity contribution in [2.75, 3.05) is 5.73 Å². The molecule has 0 aliphatic heterocycles. The fourth-order valence-corrected chi connectivity index (χ4v) is 3.04. The lowest BCUT2D eigenvalue weighted by atomic mass is 10.1. The molecule has 2 aromatic heterocycles. The van der Waals surface area contributed by atoms with Crippen LogP contribution in [-0.4, -0.2) is 0 Å². The van der Waals surface area contributed by atoms with Gasteiger partial charge in [0.05, 0.1) is 9.39 Å². The molecule has 2 heterocycles. The molecule has 0 aliphatic rings. The van der Waals surface area contributed by atoms with Gasteiger partial charge < -0.3 is 5.73 Å². The smallest absolute Gasteiger partial charge is 0.106 e. The topological polar surface area (TPSA) is 49.8 Å². The van der Waals surface area contributed by atoms with Crippen molar-refractivity contribution in [3.05, 3.63) is 33.0 Å². The molecule has 2 aromatic rings. The van der Waals surface area contributed by atoms with E-state index in [0.29, 0.717) is 14.4 Å². The first-order valence-electron chi connectivity index (χ1n) is 4.10. The zero-order chi connectivity index (χ0) is 10.8. The molecule has 5 heteroatoms. The van der Waals surface area contributed by atoms with Gasteiger partial charge in [-0.2, -0.15) is 5.26 Å². The Bertz CT molecular complexity index is 576. The zero-order valence-corrected chi connectivity index (χ0v) is 10.0. The molecule has 0 atom stereocenters. The Morgan fingerprint density at radius 3 is 2.87 bits per heavy atom. The van der Waals surface area contributed by atoms with Crippen LogP contribution in [0.25, 0.3) is 10.4 Å². The number of nitriles is 1. The molecule has 0 saturated carbocycles. The first kappa shape index (κ1) is 10.3. The zero-order valence-electron chi connectivity index (χ0n) is 7.56. The van der Waals surface area contributed by atoms with Gasteiger partial charge in [0.1, 0.15) is 11.1 Å². The van der Waals surface area contributed by atoms with Gasteiger partial charge in [0.2, 0.25) is 0 Å². The fraction of sp³-hybridized carbons (Fsp3) is 0.